The molecule has 8 nitrogen and oxygen atoms in total. The van der Waals surface area contributed by atoms with Crippen LogP contribution < -0.4 is 0 Å². The summed E-state index contributed by atoms with van der Waals surface area (Å²) in [5.74, 6) is -2.91. The molecule has 0 aromatic carbocycles. The van der Waals surface area contributed by atoms with Crippen molar-refractivity contribution >= 4 is 24.2 Å². The second-order valence-electron chi connectivity index (χ2n) is 6.98. The summed E-state index contributed by atoms with van der Waals surface area (Å²) in [5, 5.41) is 11.0. The highest BCUT2D eigenvalue weighted by molar-refractivity contribution is 5.91. The highest BCUT2D eigenvalue weighted by atomic mass is 16.6. The van der Waals surface area contributed by atoms with Gasteiger partial charge >= 0.3 is 17.9 Å². The fourth-order valence-corrected chi connectivity index (χ4v) is 3.17. The molecule has 1 saturated heterocycles. The summed E-state index contributed by atoms with van der Waals surface area (Å²) in [7, 11) is 0. The summed E-state index contributed by atoms with van der Waals surface area (Å²) in [6.45, 7) is 9.87. The third-order valence-corrected chi connectivity index (χ3v) is 4.69. The lowest BCUT2D eigenvalue weighted by Gasteiger charge is -2.30. The minimum Gasteiger partial charge on any atom is -0.461 e. The van der Waals surface area contributed by atoms with Crippen molar-refractivity contribution < 1.29 is 38.5 Å². The molecular weight excluding hydrogens is 380 g/mol. The maximum absolute atomic E-state index is 12.1. The molecule has 1 heterocycles. The van der Waals surface area contributed by atoms with Crippen molar-refractivity contribution in [1.29, 1.82) is 0 Å². The van der Waals surface area contributed by atoms with Gasteiger partial charge in [0.25, 0.3) is 0 Å². The van der Waals surface area contributed by atoms with Crippen LogP contribution in [0.5, 0.6) is 0 Å². The average Bonchev–Trinajstić information content (AvgIpc) is 2.93. The maximum Gasteiger partial charge on any atom is 0.334 e. The largest absolute Gasteiger partial charge is 0.461 e. The zero-order valence-electron chi connectivity index (χ0n) is 16.4. The Morgan fingerprint density at radius 2 is 2.07 bits per heavy atom. The van der Waals surface area contributed by atoms with Crippen molar-refractivity contribution in [2.75, 3.05) is 6.61 Å². The first-order valence-electron chi connectivity index (χ1n) is 9.08. The fraction of sp³-hybridized carbons (Fsp3) is 0.429. The van der Waals surface area contributed by atoms with Gasteiger partial charge in [0, 0.05) is 23.6 Å². The Morgan fingerprint density at radius 1 is 1.38 bits per heavy atom. The molecule has 0 saturated carbocycles. The van der Waals surface area contributed by atoms with Crippen LogP contribution in [0.1, 0.15) is 26.7 Å². The van der Waals surface area contributed by atoms with Gasteiger partial charge in [0.2, 0.25) is 0 Å². The van der Waals surface area contributed by atoms with Crippen LogP contribution in [0.4, 0.5) is 0 Å². The highest BCUT2D eigenvalue weighted by Gasteiger charge is 2.46. The second-order valence-corrected chi connectivity index (χ2v) is 6.98. The van der Waals surface area contributed by atoms with Gasteiger partial charge < -0.3 is 19.3 Å². The number of aliphatic hydroxyl groups is 1. The molecule has 1 aliphatic heterocycles. The smallest absolute Gasteiger partial charge is 0.334 e. The van der Waals surface area contributed by atoms with Crippen LogP contribution in [0, 0.1) is 5.92 Å². The van der Waals surface area contributed by atoms with E-state index >= 15 is 0 Å². The van der Waals surface area contributed by atoms with Gasteiger partial charge in [-0.1, -0.05) is 19.2 Å². The molecule has 8 heteroatoms. The van der Waals surface area contributed by atoms with Crippen LogP contribution in [0.2, 0.25) is 0 Å². The molecule has 2 rings (SSSR count). The van der Waals surface area contributed by atoms with Crippen molar-refractivity contribution in [2.45, 2.75) is 45.0 Å². The van der Waals surface area contributed by atoms with E-state index in [1.165, 1.54) is 19.9 Å². The predicted molar refractivity (Wildman–Crippen MR) is 101 cm³/mol. The van der Waals surface area contributed by atoms with Crippen LogP contribution in [0.25, 0.3) is 0 Å². The Balaban J connectivity index is 2.46. The lowest BCUT2D eigenvalue weighted by molar-refractivity contribution is -0.150. The molecule has 0 aromatic heterocycles. The van der Waals surface area contributed by atoms with E-state index in [1.807, 2.05) is 0 Å². The van der Waals surface area contributed by atoms with E-state index in [9.17, 15) is 24.3 Å². The number of rotatable bonds is 5. The van der Waals surface area contributed by atoms with Crippen LogP contribution in [-0.4, -0.2) is 54.2 Å². The molecule has 29 heavy (non-hydrogen) atoms. The number of fused-ring (bicyclic) bond motifs is 1. The van der Waals surface area contributed by atoms with Gasteiger partial charge in [-0.2, -0.15) is 0 Å². The maximum atomic E-state index is 12.1. The summed E-state index contributed by atoms with van der Waals surface area (Å²) in [5.41, 5.74) is 0.792. The third-order valence-electron chi connectivity index (χ3n) is 4.69. The number of ether oxygens (including phenoxy) is 3. The highest BCUT2D eigenvalue weighted by Crippen LogP contribution is 2.35. The molecule has 4 atom stereocenters. The first-order chi connectivity index (χ1) is 13.6. The number of allylic oxidation sites excluding steroid dienone is 1. The SMILES string of the molecule is C=C(C)C(=O)OC1C(C=O)=CCCC(COC(C)=O)=CC2OC(=O)C(=C)C2C1O. The predicted octanol–water partition coefficient (Wildman–Crippen LogP) is 1.34. The molecular formula is C21H24O8. The number of carbonyl (C=O) groups is 4. The minimum atomic E-state index is -1.47. The lowest BCUT2D eigenvalue weighted by atomic mass is 9.84. The van der Waals surface area contributed by atoms with Gasteiger partial charge in [-0.05, 0) is 31.4 Å². The monoisotopic (exact) mass is 404 g/mol. The molecule has 0 radical (unpaired) electrons. The lowest BCUT2D eigenvalue weighted by Crippen LogP contribution is -2.42. The molecule has 0 spiro atoms. The van der Waals surface area contributed by atoms with Gasteiger partial charge in [-0.15, -0.1) is 0 Å². The molecule has 1 fully saturated rings. The van der Waals surface area contributed by atoms with Gasteiger partial charge in [-0.25, -0.2) is 9.59 Å². The van der Waals surface area contributed by atoms with Gasteiger partial charge in [0.05, 0.1) is 5.92 Å². The molecule has 0 amide bonds. The summed E-state index contributed by atoms with van der Waals surface area (Å²) in [6.07, 6.45) is 0.677. The van der Waals surface area contributed by atoms with Crippen LogP contribution in [0.3, 0.4) is 0 Å². The van der Waals surface area contributed by atoms with Crippen LogP contribution >= 0.6 is 0 Å². The molecule has 1 N–H and O–H groups in total. The zero-order valence-corrected chi connectivity index (χ0v) is 16.4. The number of aldehydes is 1. The van der Waals surface area contributed by atoms with Crippen molar-refractivity contribution in [1.82, 2.24) is 0 Å². The Kier molecular flexibility index (Phi) is 7.28. The van der Waals surface area contributed by atoms with Crippen LogP contribution in [0.15, 0.2) is 47.6 Å². The Labute approximate surface area is 168 Å². The van der Waals surface area contributed by atoms with E-state index in [4.69, 9.17) is 14.2 Å². The number of hydrogen-bond donors (Lipinski definition) is 1. The summed E-state index contributed by atoms with van der Waals surface area (Å²) in [4.78, 5) is 47.0. The molecule has 0 bridgehead atoms. The first kappa shape index (κ1) is 22.3. The van der Waals surface area contributed by atoms with Crippen molar-refractivity contribution in [3.05, 3.63) is 47.6 Å². The topological polar surface area (TPSA) is 116 Å². The van der Waals surface area contributed by atoms with Crippen LogP contribution in [-0.2, 0) is 33.4 Å². The van der Waals surface area contributed by atoms with E-state index in [0.717, 1.165) is 0 Å². The van der Waals surface area contributed by atoms with E-state index < -0.39 is 42.1 Å². The third kappa shape index (κ3) is 5.29. The zero-order chi connectivity index (χ0) is 21.7. The van der Waals surface area contributed by atoms with Crippen molar-refractivity contribution in [3.63, 3.8) is 0 Å². The minimum absolute atomic E-state index is 0.00668. The normalized spacial score (nSPS) is 27.0. The fourth-order valence-electron chi connectivity index (χ4n) is 3.17. The van der Waals surface area contributed by atoms with E-state index in [1.54, 1.807) is 6.08 Å². The number of aliphatic hydroxyl groups excluding tert-OH is 1. The summed E-state index contributed by atoms with van der Waals surface area (Å²) >= 11 is 0. The van der Waals surface area contributed by atoms with E-state index in [2.05, 4.69) is 13.2 Å². The number of hydrogen-bond acceptors (Lipinski definition) is 8. The van der Waals surface area contributed by atoms with Gasteiger partial charge in [0.1, 0.15) is 25.1 Å². The quantitative estimate of drug-likeness (QED) is 0.240. The van der Waals surface area contributed by atoms with Gasteiger partial charge in [0.15, 0.2) is 6.10 Å². The molecule has 2 aliphatic rings. The van der Waals surface area contributed by atoms with Gasteiger partial charge in [-0.3, -0.25) is 9.59 Å². The summed E-state index contributed by atoms with van der Waals surface area (Å²) < 4.78 is 15.6. The Bertz CT molecular complexity index is 803. The average molecular weight is 404 g/mol. The standard InChI is InChI=1S/C21H24O8/c1-11(2)20(25)29-19-15(9-22)7-5-6-14(10-27-13(4)23)8-16-17(18(19)24)12(3)21(26)28-16/h7-9,16-19,24H,1,3,5-6,10H2,2,4H3. The molecule has 0 aromatic rings. The molecule has 156 valence electrons. The second kappa shape index (κ2) is 9.47. The van der Waals surface area contributed by atoms with Crippen molar-refractivity contribution in [3.8, 4) is 0 Å². The number of esters is 3. The Morgan fingerprint density at radius 3 is 2.66 bits per heavy atom. The Hall–Kier alpha value is -3.00. The number of carbonyl (C=O) groups excluding carboxylic acids is 4. The van der Waals surface area contributed by atoms with E-state index in [0.29, 0.717) is 24.7 Å². The summed E-state index contributed by atoms with van der Waals surface area (Å²) in [6, 6.07) is 0. The van der Waals surface area contributed by atoms with Crippen molar-refractivity contribution in [2.24, 2.45) is 5.92 Å². The molecule has 1 aliphatic carbocycles. The first-order valence-corrected chi connectivity index (χ1v) is 9.08. The molecule has 4 unspecified atom stereocenters. The van der Waals surface area contributed by atoms with E-state index in [-0.39, 0.29) is 23.3 Å².